The lowest BCUT2D eigenvalue weighted by atomic mass is 9.89. The van der Waals surface area contributed by atoms with Crippen LogP contribution in [0.5, 0.6) is 0 Å². The Morgan fingerprint density at radius 3 is 2.54 bits per heavy atom. The Morgan fingerprint density at radius 1 is 1.23 bits per heavy atom. The first-order valence-corrected chi connectivity index (χ1v) is 12.0. The molecule has 0 aromatic heterocycles. The fraction of sp³-hybridized carbons (Fsp3) is 0.346. The number of halogens is 3. The summed E-state index contributed by atoms with van der Waals surface area (Å²) >= 11 is 6.97. The highest BCUT2D eigenvalue weighted by Crippen LogP contribution is 2.51. The molecule has 4 rings (SSSR count). The molecule has 2 aromatic carbocycles. The Hall–Kier alpha value is -3.10. The third-order valence-corrected chi connectivity index (χ3v) is 6.82. The molecule has 3 N–H and O–H groups in total. The number of fused-ring (bicyclic) bond motifs is 1. The maximum absolute atomic E-state index is 15.9. The maximum Gasteiger partial charge on any atom is 0.340 e. The summed E-state index contributed by atoms with van der Waals surface area (Å²) in [4.78, 5) is 16.5. The number of carbonyl (C=O) groups is 1. The number of piperazine rings is 1. The molecule has 0 aliphatic carbocycles. The predicted molar refractivity (Wildman–Crippen MR) is 137 cm³/mol. The van der Waals surface area contributed by atoms with Crippen LogP contribution in [0.4, 0.5) is 31.5 Å². The number of nitrogens with zero attached hydrogens (tertiary/aromatic N) is 2. The van der Waals surface area contributed by atoms with Gasteiger partial charge in [0, 0.05) is 37.9 Å². The van der Waals surface area contributed by atoms with Gasteiger partial charge in [-0.15, -0.1) is 0 Å². The Bertz CT molecular complexity index is 1240. The molecule has 2 aliphatic rings. The van der Waals surface area contributed by atoms with Crippen molar-refractivity contribution in [2.24, 2.45) is 0 Å². The lowest BCUT2D eigenvalue weighted by Gasteiger charge is -2.37. The highest BCUT2D eigenvalue weighted by atomic mass is 35.5. The fourth-order valence-corrected chi connectivity index (χ4v) is 5.04. The van der Waals surface area contributed by atoms with Crippen LogP contribution in [-0.2, 0) is 16.0 Å². The van der Waals surface area contributed by atoms with Crippen LogP contribution in [0, 0.1) is 18.6 Å². The molecule has 186 valence electrons. The monoisotopic (exact) mass is 502 g/mol. The van der Waals surface area contributed by atoms with Crippen molar-refractivity contribution < 1.29 is 18.3 Å². The molecule has 0 spiro atoms. The summed E-state index contributed by atoms with van der Waals surface area (Å²) in [6.45, 7) is 12.1. The number of rotatable bonds is 5. The molecule has 0 atom stereocenters. The molecule has 0 radical (unpaired) electrons. The summed E-state index contributed by atoms with van der Waals surface area (Å²) in [5.41, 5.74) is 9.04. The zero-order valence-corrected chi connectivity index (χ0v) is 20.9. The highest BCUT2D eigenvalue weighted by molar-refractivity contribution is 6.37. The molecule has 0 bridgehead atoms. The summed E-state index contributed by atoms with van der Waals surface area (Å²) in [7, 11) is 0. The van der Waals surface area contributed by atoms with Crippen LogP contribution in [0.3, 0.4) is 0 Å². The largest absolute Gasteiger partial charge is 0.462 e. The second-order valence-electron chi connectivity index (χ2n) is 8.53. The normalized spacial score (nSPS) is 15.7. The van der Waals surface area contributed by atoms with Crippen molar-refractivity contribution in [2.45, 2.75) is 27.2 Å². The van der Waals surface area contributed by atoms with Crippen LogP contribution in [0.15, 0.2) is 30.5 Å². The van der Waals surface area contributed by atoms with Gasteiger partial charge in [-0.25, -0.2) is 13.6 Å². The third kappa shape index (κ3) is 4.25. The molecule has 9 heteroatoms. The molecule has 0 saturated carbocycles. The lowest BCUT2D eigenvalue weighted by Crippen LogP contribution is -2.44. The Balaban J connectivity index is 2.04. The van der Waals surface area contributed by atoms with E-state index in [1.165, 1.54) is 12.1 Å². The van der Waals surface area contributed by atoms with E-state index in [2.05, 4.69) is 11.9 Å². The molecular formula is C26H29ClF2N4O2. The number of nitrogens with two attached hydrogens (primary N) is 1. The van der Waals surface area contributed by atoms with E-state index < -0.39 is 17.6 Å². The molecule has 2 heterocycles. The van der Waals surface area contributed by atoms with Crippen molar-refractivity contribution in [2.75, 3.05) is 48.3 Å². The number of aryl methyl sites for hydroxylation is 1. The summed E-state index contributed by atoms with van der Waals surface area (Å²) in [6, 6.07) is 2.87. The quantitative estimate of drug-likeness (QED) is 0.438. The number of carbonyl (C=O) groups excluding carboxylic acids is 1. The minimum absolute atomic E-state index is 0.0495. The van der Waals surface area contributed by atoms with Gasteiger partial charge in [0.05, 0.1) is 40.0 Å². The van der Waals surface area contributed by atoms with Gasteiger partial charge in [0.25, 0.3) is 0 Å². The van der Waals surface area contributed by atoms with Gasteiger partial charge in [-0.1, -0.05) is 25.1 Å². The van der Waals surface area contributed by atoms with E-state index in [1.54, 1.807) is 24.9 Å². The fourth-order valence-electron chi connectivity index (χ4n) is 4.65. The minimum Gasteiger partial charge on any atom is -0.462 e. The summed E-state index contributed by atoms with van der Waals surface area (Å²) < 4.78 is 35.5. The number of ether oxygens (including phenoxy) is 1. The molecule has 1 fully saturated rings. The highest BCUT2D eigenvalue weighted by Gasteiger charge is 2.35. The van der Waals surface area contributed by atoms with Gasteiger partial charge in [-0.3, -0.25) is 0 Å². The first-order valence-electron chi connectivity index (χ1n) is 11.6. The zero-order chi connectivity index (χ0) is 25.4. The number of anilines is 4. The Morgan fingerprint density at radius 2 is 1.91 bits per heavy atom. The molecule has 0 unspecified atom stereocenters. The van der Waals surface area contributed by atoms with Crippen LogP contribution in [0.2, 0.25) is 5.02 Å². The van der Waals surface area contributed by atoms with Gasteiger partial charge < -0.3 is 25.6 Å². The lowest BCUT2D eigenvalue weighted by molar-refractivity contribution is -0.138. The van der Waals surface area contributed by atoms with Gasteiger partial charge in [0.2, 0.25) is 0 Å². The van der Waals surface area contributed by atoms with E-state index in [9.17, 15) is 9.18 Å². The standard InChI is InChI=1S/C26H29ClF2N4O2/c1-5-16-11-18(28)19(30)12-20(16)33-13-17(26(34)35-6-2)14(3)21-15(4)23(29)25(22(27)24(21)33)32-9-7-31-8-10-32/h11-13,31H,3,5-10,30H2,1-2,4H3. The van der Waals surface area contributed by atoms with Gasteiger partial charge in [-0.2, -0.15) is 0 Å². The SMILES string of the molecule is C=C1C(C(=O)OCC)=CN(c2cc(N)c(F)cc2CC)c2c(Cl)c(N3CCNCC3)c(F)c(C)c21. The van der Waals surface area contributed by atoms with Crippen LogP contribution in [-0.4, -0.2) is 38.8 Å². The minimum atomic E-state index is -0.594. The number of nitrogen functional groups attached to an aromatic ring is 1. The molecule has 0 amide bonds. The molecule has 1 saturated heterocycles. The van der Waals surface area contributed by atoms with E-state index in [4.69, 9.17) is 22.1 Å². The zero-order valence-electron chi connectivity index (χ0n) is 20.1. The van der Waals surface area contributed by atoms with Crippen molar-refractivity contribution >= 4 is 45.9 Å². The van der Waals surface area contributed by atoms with Crippen molar-refractivity contribution in [3.05, 3.63) is 63.8 Å². The predicted octanol–water partition coefficient (Wildman–Crippen LogP) is 5.09. The molecule has 35 heavy (non-hydrogen) atoms. The number of benzene rings is 2. The summed E-state index contributed by atoms with van der Waals surface area (Å²) in [5, 5.41) is 3.45. The average molecular weight is 503 g/mol. The summed E-state index contributed by atoms with van der Waals surface area (Å²) in [5.74, 6) is -1.59. The maximum atomic E-state index is 15.9. The summed E-state index contributed by atoms with van der Waals surface area (Å²) in [6.07, 6.45) is 2.06. The van der Waals surface area contributed by atoms with Crippen molar-refractivity contribution in [3.63, 3.8) is 0 Å². The molecule has 6 nitrogen and oxygen atoms in total. The van der Waals surface area contributed by atoms with Gasteiger partial charge in [-0.05, 0) is 49.1 Å². The Kier molecular flexibility index (Phi) is 7.05. The van der Waals surface area contributed by atoms with Crippen LogP contribution in [0.1, 0.15) is 30.5 Å². The van der Waals surface area contributed by atoms with E-state index in [0.29, 0.717) is 71.9 Å². The van der Waals surface area contributed by atoms with Gasteiger partial charge in [0.15, 0.2) is 5.82 Å². The first-order chi connectivity index (χ1) is 16.7. The van der Waals surface area contributed by atoms with Gasteiger partial charge in [0.1, 0.15) is 5.82 Å². The van der Waals surface area contributed by atoms with Crippen molar-refractivity contribution in [1.29, 1.82) is 0 Å². The smallest absolute Gasteiger partial charge is 0.340 e. The van der Waals surface area contributed by atoms with E-state index >= 15 is 4.39 Å². The van der Waals surface area contributed by atoms with Crippen molar-refractivity contribution in [1.82, 2.24) is 5.32 Å². The number of esters is 1. The second-order valence-corrected chi connectivity index (χ2v) is 8.91. The van der Waals surface area contributed by atoms with Crippen LogP contribution < -0.4 is 20.9 Å². The first kappa shape index (κ1) is 25.0. The number of nitrogens with one attached hydrogen (secondary N) is 1. The topological polar surface area (TPSA) is 70.8 Å². The average Bonchev–Trinajstić information content (AvgIpc) is 2.84. The van der Waals surface area contributed by atoms with E-state index in [-0.39, 0.29) is 22.9 Å². The molecular weight excluding hydrogens is 474 g/mol. The number of hydrogen-bond donors (Lipinski definition) is 2. The Labute approximate surface area is 209 Å². The van der Waals surface area contributed by atoms with Gasteiger partial charge >= 0.3 is 5.97 Å². The van der Waals surface area contributed by atoms with E-state index in [0.717, 1.165) is 0 Å². The van der Waals surface area contributed by atoms with Crippen LogP contribution in [0.25, 0.3) is 5.57 Å². The van der Waals surface area contributed by atoms with E-state index in [1.807, 2.05) is 11.8 Å². The molecule has 2 aliphatic heterocycles. The van der Waals surface area contributed by atoms with Crippen LogP contribution >= 0.6 is 11.6 Å². The molecule has 2 aromatic rings. The number of hydrogen-bond acceptors (Lipinski definition) is 6. The third-order valence-electron chi connectivity index (χ3n) is 6.46. The van der Waals surface area contributed by atoms with Crippen molar-refractivity contribution in [3.8, 4) is 0 Å². The second kappa shape index (κ2) is 9.87.